The molecule has 4 heteroatoms. The van der Waals surface area contributed by atoms with Gasteiger partial charge in [-0.2, -0.15) is 0 Å². The maximum atomic E-state index is 11.8. The maximum Gasteiger partial charge on any atom is 0.312 e. The van der Waals surface area contributed by atoms with Crippen LogP contribution in [0.3, 0.4) is 0 Å². The molecule has 4 nitrogen and oxygen atoms in total. The van der Waals surface area contributed by atoms with Crippen LogP contribution in [0.15, 0.2) is 0 Å². The van der Waals surface area contributed by atoms with Gasteiger partial charge in [0.2, 0.25) is 0 Å². The smallest absolute Gasteiger partial charge is 0.312 e. The monoisotopic (exact) mass is 256 g/mol. The highest BCUT2D eigenvalue weighted by atomic mass is 16.6. The first-order valence-corrected chi connectivity index (χ1v) is 6.85. The average Bonchev–Trinajstić information content (AvgIpc) is 2.52. The quantitative estimate of drug-likeness (QED) is 0.573. The average molecular weight is 256 g/mol. The van der Waals surface area contributed by atoms with Crippen molar-refractivity contribution in [3.05, 3.63) is 0 Å². The summed E-state index contributed by atoms with van der Waals surface area (Å²) in [4.78, 5) is 23.1. The molecule has 0 heterocycles. The molecular weight excluding hydrogens is 232 g/mol. The van der Waals surface area contributed by atoms with Gasteiger partial charge in [0.1, 0.15) is 6.10 Å². The molecule has 104 valence electrons. The Morgan fingerprint density at radius 3 is 2.44 bits per heavy atom. The molecule has 18 heavy (non-hydrogen) atoms. The summed E-state index contributed by atoms with van der Waals surface area (Å²) >= 11 is 0. The molecule has 1 fully saturated rings. The Balaban J connectivity index is 2.87. The topological polar surface area (TPSA) is 52.6 Å². The van der Waals surface area contributed by atoms with Gasteiger partial charge in [0, 0.05) is 6.92 Å². The Hall–Kier alpha value is -1.06. The molecule has 0 aliphatic heterocycles. The van der Waals surface area contributed by atoms with E-state index in [4.69, 9.17) is 9.47 Å². The number of rotatable bonds is 4. The van der Waals surface area contributed by atoms with Crippen LogP contribution in [0, 0.1) is 11.8 Å². The van der Waals surface area contributed by atoms with Crippen LogP contribution < -0.4 is 0 Å². The van der Waals surface area contributed by atoms with E-state index in [9.17, 15) is 9.59 Å². The molecule has 0 aromatic heterocycles. The Morgan fingerprint density at radius 1 is 1.22 bits per heavy atom. The molecule has 0 bridgehead atoms. The van der Waals surface area contributed by atoms with Gasteiger partial charge in [-0.3, -0.25) is 9.59 Å². The summed E-state index contributed by atoms with van der Waals surface area (Å²) in [6.45, 7) is 3.52. The summed E-state index contributed by atoms with van der Waals surface area (Å²) in [6, 6.07) is 0. The van der Waals surface area contributed by atoms with Crippen molar-refractivity contribution in [1.82, 2.24) is 0 Å². The second-order valence-corrected chi connectivity index (χ2v) is 5.04. The summed E-state index contributed by atoms with van der Waals surface area (Å²) < 4.78 is 10.3. The normalized spacial score (nSPS) is 28.3. The van der Waals surface area contributed by atoms with Gasteiger partial charge in [0.05, 0.1) is 13.0 Å². The van der Waals surface area contributed by atoms with Crippen LogP contribution in [-0.2, 0) is 19.1 Å². The van der Waals surface area contributed by atoms with Gasteiger partial charge in [-0.1, -0.05) is 26.2 Å². The van der Waals surface area contributed by atoms with Gasteiger partial charge in [0.15, 0.2) is 0 Å². The lowest BCUT2D eigenvalue weighted by atomic mass is 9.86. The van der Waals surface area contributed by atoms with E-state index in [1.807, 2.05) is 0 Å². The zero-order valence-electron chi connectivity index (χ0n) is 11.6. The summed E-state index contributed by atoms with van der Waals surface area (Å²) in [5.74, 6) is -0.565. The second-order valence-electron chi connectivity index (χ2n) is 5.04. The predicted octanol–water partition coefficient (Wildman–Crippen LogP) is 2.70. The largest absolute Gasteiger partial charge is 0.469 e. The number of hydrogen-bond acceptors (Lipinski definition) is 4. The maximum absolute atomic E-state index is 11.8. The summed E-state index contributed by atoms with van der Waals surface area (Å²) in [6.07, 6.45) is 5.59. The molecule has 1 aliphatic rings. The van der Waals surface area contributed by atoms with Crippen molar-refractivity contribution in [2.75, 3.05) is 7.11 Å². The third-order valence-electron chi connectivity index (χ3n) is 3.67. The molecule has 1 aliphatic carbocycles. The second kappa shape index (κ2) is 7.39. The van der Waals surface area contributed by atoms with E-state index in [1.165, 1.54) is 14.0 Å². The molecule has 0 saturated heterocycles. The first-order valence-electron chi connectivity index (χ1n) is 6.85. The molecule has 0 radical (unpaired) electrons. The van der Waals surface area contributed by atoms with Crippen LogP contribution in [-0.4, -0.2) is 25.2 Å². The number of ether oxygens (including phenoxy) is 2. The fourth-order valence-electron chi connectivity index (χ4n) is 2.88. The number of methoxy groups -OCH3 is 1. The van der Waals surface area contributed by atoms with Gasteiger partial charge in [0.25, 0.3) is 0 Å². The standard InChI is InChI=1S/C14H24O4/c1-4-7-11-8-5-6-9-12(14(16)17-3)13(11)18-10(2)15/h11-13H,4-9H2,1-3H3. The fourth-order valence-corrected chi connectivity index (χ4v) is 2.88. The summed E-state index contributed by atoms with van der Waals surface area (Å²) in [5.41, 5.74) is 0. The van der Waals surface area contributed by atoms with E-state index in [0.29, 0.717) is 0 Å². The Morgan fingerprint density at radius 2 is 1.89 bits per heavy atom. The third-order valence-corrected chi connectivity index (χ3v) is 3.67. The zero-order chi connectivity index (χ0) is 13.5. The Kier molecular flexibility index (Phi) is 6.16. The minimum absolute atomic E-state index is 0.246. The third kappa shape index (κ3) is 4.00. The van der Waals surface area contributed by atoms with Crippen molar-refractivity contribution in [1.29, 1.82) is 0 Å². The van der Waals surface area contributed by atoms with E-state index >= 15 is 0 Å². The molecule has 0 amide bonds. The molecule has 3 unspecified atom stereocenters. The predicted molar refractivity (Wildman–Crippen MR) is 67.9 cm³/mol. The van der Waals surface area contributed by atoms with Crippen LogP contribution in [0.5, 0.6) is 0 Å². The summed E-state index contributed by atoms with van der Waals surface area (Å²) in [7, 11) is 1.40. The molecule has 0 spiro atoms. The van der Waals surface area contributed by atoms with E-state index < -0.39 is 0 Å². The van der Waals surface area contributed by atoms with Crippen molar-refractivity contribution in [3.8, 4) is 0 Å². The van der Waals surface area contributed by atoms with Crippen LogP contribution in [0.4, 0.5) is 0 Å². The van der Waals surface area contributed by atoms with Crippen molar-refractivity contribution < 1.29 is 19.1 Å². The van der Waals surface area contributed by atoms with Gasteiger partial charge in [-0.15, -0.1) is 0 Å². The molecule has 1 saturated carbocycles. The lowest BCUT2D eigenvalue weighted by molar-refractivity contribution is -0.162. The van der Waals surface area contributed by atoms with Gasteiger partial charge >= 0.3 is 11.9 Å². The summed E-state index contributed by atoms with van der Waals surface area (Å²) in [5, 5.41) is 0. The fraction of sp³-hybridized carbons (Fsp3) is 0.857. The first-order chi connectivity index (χ1) is 8.60. The molecule has 0 N–H and O–H groups in total. The SMILES string of the molecule is CCCC1CCCCC(C(=O)OC)C1OC(C)=O. The zero-order valence-corrected chi connectivity index (χ0v) is 11.6. The number of esters is 2. The van der Waals surface area contributed by atoms with E-state index in [1.54, 1.807) is 0 Å². The highest BCUT2D eigenvalue weighted by molar-refractivity contribution is 5.74. The van der Waals surface area contributed by atoms with E-state index in [2.05, 4.69) is 6.92 Å². The van der Waals surface area contributed by atoms with E-state index in [-0.39, 0.29) is 29.9 Å². The van der Waals surface area contributed by atoms with Crippen molar-refractivity contribution in [2.45, 2.75) is 58.5 Å². The van der Waals surface area contributed by atoms with Crippen molar-refractivity contribution in [3.63, 3.8) is 0 Å². The molecule has 1 rings (SSSR count). The molecule has 0 aromatic rings. The van der Waals surface area contributed by atoms with E-state index in [0.717, 1.165) is 38.5 Å². The number of hydrogen-bond donors (Lipinski definition) is 0. The van der Waals surface area contributed by atoms with Gasteiger partial charge in [-0.05, 0) is 25.2 Å². The number of carbonyl (C=O) groups is 2. The van der Waals surface area contributed by atoms with Crippen molar-refractivity contribution in [2.24, 2.45) is 11.8 Å². The molecule has 0 aromatic carbocycles. The highest BCUT2D eigenvalue weighted by Gasteiger charge is 2.38. The van der Waals surface area contributed by atoms with Crippen LogP contribution in [0.2, 0.25) is 0 Å². The molecule has 3 atom stereocenters. The van der Waals surface area contributed by atoms with Crippen LogP contribution in [0.25, 0.3) is 0 Å². The lowest BCUT2D eigenvalue weighted by Gasteiger charge is -2.29. The Bertz CT molecular complexity index is 288. The van der Waals surface area contributed by atoms with Crippen LogP contribution >= 0.6 is 0 Å². The van der Waals surface area contributed by atoms with Crippen molar-refractivity contribution >= 4 is 11.9 Å². The Labute approximate surface area is 109 Å². The van der Waals surface area contributed by atoms with Gasteiger partial charge < -0.3 is 9.47 Å². The minimum atomic E-state index is -0.308. The number of carbonyl (C=O) groups excluding carboxylic acids is 2. The van der Waals surface area contributed by atoms with Crippen LogP contribution in [0.1, 0.15) is 52.4 Å². The highest BCUT2D eigenvalue weighted by Crippen LogP contribution is 2.34. The lowest BCUT2D eigenvalue weighted by Crippen LogP contribution is -2.37. The first kappa shape index (κ1) is 15.0. The minimum Gasteiger partial charge on any atom is -0.469 e. The van der Waals surface area contributed by atoms with Gasteiger partial charge in [-0.25, -0.2) is 0 Å². The molecular formula is C14H24O4.